The van der Waals surface area contributed by atoms with Crippen molar-refractivity contribution in [1.82, 2.24) is 4.98 Å². The van der Waals surface area contributed by atoms with Gasteiger partial charge < -0.3 is 4.74 Å². The first-order valence-electron chi connectivity index (χ1n) is 3.88. The Hall–Kier alpha value is -1.52. The Morgan fingerprint density at radius 2 is 2.21 bits per heavy atom. The fourth-order valence-electron chi connectivity index (χ4n) is 1.17. The van der Waals surface area contributed by atoms with Gasteiger partial charge in [0, 0.05) is 11.8 Å². The van der Waals surface area contributed by atoms with E-state index in [1.54, 1.807) is 0 Å². The van der Waals surface area contributed by atoms with Crippen molar-refractivity contribution >= 4 is 6.29 Å². The molecule has 0 fully saturated rings. The Morgan fingerprint density at radius 1 is 1.57 bits per heavy atom. The van der Waals surface area contributed by atoms with Gasteiger partial charge in [-0.2, -0.15) is 0 Å². The molecule has 0 aliphatic heterocycles. The van der Waals surface area contributed by atoms with Gasteiger partial charge in [0.15, 0.2) is 6.29 Å². The number of methoxy groups -OCH3 is 1. The molecule has 0 saturated heterocycles. The fraction of sp³-hybridized carbons (Fsp3) is 0.333. The highest BCUT2D eigenvalue weighted by Gasteiger charge is 2.18. The quantitative estimate of drug-likeness (QED) is 0.703. The molecule has 0 bridgehead atoms. The third-order valence-corrected chi connectivity index (χ3v) is 1.88. The second kappa shape index (κ2) is 4.13. The van der Waals surface area contributed by atoms with Crippen molar-refractivity contribution in [3.05, 3.63) is 23.0 Å². The first-order valence-corrected chi connectivity index (χ1v) is 3.88. The Bertz CT molecular complexity index is 353. The average molecular weight is 201 g/mol. The summed E-state index contributed by atoms with van der Waals surface area (Å²) in [6.07, 6.45) is -1.19. The molecule has 0 N–H and O–H groups in total. The second-order valence-corrected chi connectivity index (χ2v) is 2.68. The SMILES string of the molecule is COc1c(C(F)F)cnc(C=O)c1C. The van der Waals surface area contributed by atoms with Crippen LogP contribution in [0.2, 0.25) is 0 Å². The van der Waals surface area contributed by atoms with Gasteiger partial charge in [0.25, 0.3) is 6.43 Å². The average Bonchev–Trinajstić information content (AvgIpc) is 2.17. The molecule has 0 saturated carbocycles. The molecule has 0 spiro atoms. The topological polar surface area (TPSA) is 39.2 Å². The van der Waals surface area contributed by atoms with Gasteiger partial charge in [0.05, 0.1) is 12.7 Å². The van der Waals surface area contributed by atoms with Gasteiger partial charge in [-0.25, -0.2) is 8.78 Å². The number of rotatable bonds is 3. The predicted octanol–water partition coefficient (Wildman–Crippen LogP) is 2.15. The Labute approximate surface area is 79.7 Å². The van der Waals surface area contributed by atoms with Crippen LogP contribution in [0, 0.1) is 6.92 Å². The standard InChI is InChI=1S/C9H9F2NO2/c1-5-7(4-13)12-3-6(9(10)11)8(5)14-2/h3-4,9H,1-2H3. The molecule has 0 aliphatic rings. The number of aldehydes is 1. The number of carbonyl (C=O) groups is 1. The number of carbonyl (C=O) groups excluding carboxylic acids is 1. The normalized spacial score (nSPS) is 10.4. The summed E-state index contributed by atoms with van der Waals surface area (Å²) in [5, 5.41) is 0. The van der Waals surface area contributed by atoms with E-state index in [4.69, 9.17) is 4.74 Å². The summed E-state index contributed by atoms with van der Waals surface area (Å²) >= 11 is 0. The van der Waals surface area contributed by atoms with Crippen LogP contribution in [-0.2, 0) is 0 Å². The number of pyridine rings is 1. The number of ether oxygens (including phenoxy) is 1. The van der Waals surface area contributed by atoms with Crippen LogP contribution in [0.1, 0.15) is 28.0 Å². The number of hydrogen-bond donors (Lipinski definition) is 0. The molecule has 14 heavy (non-hydrogen) atoms. The van der Waals surface area contributed by atoms with E-state index in [-0.39, 0.29) is 17.0 Å². The van der Waals surface area contributed by atoms with Crippen LogP contribution in [-0.4, -0.2) is 18.4 Å². The summed E-state index contributed by atoms with van der Waals surface area (Å²) in [5.41, 5.74) is 0.155. The maximum absolute atomic E-state index is 12.4. The Balaban J connectivity index is 3.35. The molecule has 1 heterocycles. The molecular weight excluding hydrogens is 192 g/mol. The molecule has 1 aromatic heterocycles. The molecule has 0 unspecified atom stereocenters. The highest BCUT2D eigenvalue weighted by Crippen LogP contribution is 2.31. The summed E-state index contributed by atoms with van der Waals surface area (Å²) in [6.45, 7) is 1.52. The van der Waals surface area contributed by atoms with Crippen LogP contribution >= 0.6 is 0 Å². The van der Waals surface area contributed by atoms with Crippen LogP contribution in [0.4, 0.5) is 8.78 Å². The van der Waals surface area contributed by atoms with Gasteiger partial charge in [0.1, 0.15) is 11.4 Å². The van der Waals surface area contributed by atoms with E-state index in [0.717, 1.165) is 6.20 Å². The van der Waals surface area contributed by atoms with E-state index in [1.165, 1.54) is 14.0 Å². The van der Waals surface area contributed by atoms with Crippen molar-refractivity contribution in [2.45, 2.75) is 13.3 Å². The predicted molar refractivity (Wildman–Crippen MR) is 45.9 cm³/mol. The minimum Gasteiger partial charge on any atom is -0.496 e. The van der Waals surface area contributed by atoms with Crippen LogP contribution in [0.15, 0.2) is 6.20 Å². The summed E-state index contributed by atoms with van der Waals surface area (Å²) in [6, 6.07) is 0. The zero-order valence-corrected chi connectivity index (χ0v) is 7.75. The molecule has 0 aliphatic carbocycles. The van der Waals surface area contributed by atoms with Gasteiger partial charge >= 0.3 is 0 Å². The number of nitrogens with zero attached hydrogens (tertiary/aromatic N) is 1. The third kappa shape index (κ3) is 1.71. The van der Waals surface area contributed by atoms with Gasteiger partial charge in [-0.05, 0) is 6.92 Å². The first kappa shape index (κ1) is 10.6. The molecule has 0 radical (unpaired) electrons. The number of alkyl halides is 2. The summed E-state index contributed by atoms with van der Waals surface area (Å²) in [4.78, 5) is 14.1. The molecule has 0 aromatic carbocycles. The van der Waals surface area contributed by atoms with E-state index in [1.807, 2.05) is 0 Å². The van der Waals surface area contributed by atoms with E-state index in [2.05, 4.69) is 4.98 Å². The van der Waals surface area contributed by atoms with Crippen LogP contribution in [0.5, 0.6) is 5.75 Å². The van der Waals surface area contributed by atoms with E-state index in [9.17, 15) is 13.6 Å². The molecular formula is C9H9F2NO2. The number of halogens is 2. The lowest BCUT2D eigenvalue weighted by Gasteiger charge is -2.10. The maximum Gasteiger partial charge on any atom is 0.268 e. The largest absolute Gasteiger partial charge is 0.496 e. The van der Waals surface area contributed by atoms with E-state index in [0.29, 0.717) is 11.8 Å². The van der Waals surface area contributed by atoms with Crippen molar-refractivity contribution < 1.29 is 18.3 Å². The summed E-state index contributed by atoms with van der Waals surface area (Å²) in [7, 11) is 1.28. The van der Waals surface area contributed by atoms with Gasteiger partial charge in [-0.1, -0.05) is 0 Å². The van der Waals surface area contributed by atoms with Crippen molar-refractivity contribution in [3.63, 3.8) is 0 Å². The molecule has 76 valence electrons. The van der Waals surface area contributed by atoms with Crippen molar-refractivity contribution in [2.75, 3.05) is 7.11 Å². The van der Waals surface area contributed by atoms with Gasteiger partial charge in [-0.3, -0.25) is 9.78 Å². The number of hydrogen-bond acceptors (Lipinski definition) is 3. The van der Waals surface area contributed by atoms with Crippen molar-refractivity contribution in [3.8, 4) is 5.75 Å². The van der Waals surface area contributed by atoms with Crippen LogP contribution < -0.4 is 4.74 Å². The van der Waals surface area contributed by atoms with Crippen LogP contribution in [0.3, 0.4) is 0 Å². The molecule has 1 aromatic rings. The highest BCUT2D eigenvalue weighted by atomic mass is 19.3. The molecule has 5 heteroatoms. The highest BCUT2D eigenvalue weighted by molar-refractivity contribution is 5.75. The minimum absolute atomic E-state index is 0.0251. The lowest BCUT2D eigenvalue weighted by Crippen LogP contribution is -2.01. The second-order valence-electron chi connectivity index (χ2n) is 2.68. The molecule has 3 nitrogen and oxygen atoms in total. The fourth-order valence-corrected chi connectivity index (χ4v) is 1.17. The Kier molecular flexibility index (Phi) is 3.11. The third-order valence-electron chi connectivity index (χ3n) is 1.88. The van der Waals surface area contributed by atoms with Crippen LogP contribution in [0.25, 0.3) is 0 Å². The molecule has 0 amide bonds. The van der Waals surface area contributed by atoms with Gasteiger partial charge in [-0.15, -0.1) is 0 Å². The maximum atomic E-state index is 12.4. The number of aromatic nitrogens is 1. The minimum atomic E-state index is -2.66. The molecule has 0 atom stereocenters. The zero-order chi connectivity index (χ0) is 10.7. The monoisotopic (exact) mass is 201 g/mol. The lowest BCUT2D eigenvalue weighted by molar-refractivity contribution is 0.111. The van der Waals surface area contributed by atoms with Crippen molar-refractivity contribution in [1.29, 1.82) is 0 Å². The summed E-state index contributed by atoms with van der Waals surface area (Å²) in [5.74, 6) is 0.0251. The first-order chi connectivity index (χ1) is 6.61. The molecule has 1 rings (SSSR count). The van der Waals surface area contributed by atoms with Gasteiger partial charge in [0.2, 0.25) is 0 Å². The summed E-state index contributed by atoms with van der Waals surface area (Å²) < 4.78 is 29.6. The lowest BCUT2D eigenvalue weighted by atomic mass is 10.1. The zero-order valence-electron chi connectivity index (χ0n) is 7.75. The smallest absolute Gasteiger partial charge is 0.268 e. The Morgan fingerprint density at radius 3 is 2.64 bits per heavy atom. The van der Waals surface area contributed by atoms with E-state index >= 15 is 0 Å². The van der Waals surface area contributed by atoms with Crippen molar-refractivity contribution in [2.24, 2.45) is 0 Å². The van der Waals surface area contributed by atoms with E-state index < -0.39 is 6.43 Å².